The molecule has 1 saturated heterocycles. The zero-order valence-electron chi connectivity index (χ0n) is 12.8. The lowest BCUT2D eigenvalue weighted by atomic mass is 10.0. The van der Waals surface area contributed by atoms with Crippen LogP contribution in [0.4, 0.5) is 0 Å². The number of carbonyl (C=O) groups is 1. The minimum Gasteiger partial charge on any atom is -0.496 e. The molecule has 1 heterocycles. The van der Waals surface area contributed by atoms with E-state index in [1.807, 2.05) is 23.1 Å². The highest BCUT2D eigenvalue weighted by Gasteiger charge is 2.22. The average molecular weight is 289 g/mol. The van der Waals surface area contributed by atoms with Crippen molar-refractivity contribution in [2.24, 2.45) is 0 Å². The zero-order chi connectivity index (χ0) is 15.2. The molecule has 0 aliphatic carbocycles. The summed E-state index contributed by atoms with van der Waals surface area (Å²) in [6.45, 7) is 5.34. The number of methoxy groups -OCH3 is 2. The number of piperidine rings is 1. The van der Waals surface area contributed by atoms with Crippen molar-refractivity contribution in [3.8, 4) is 5.75 Å². The summed E-state index contributed by atoms with van der Waals surface area (Å²) in [7, 11) is 3.36. The highest BCUT2D eigenvalue weighted by Crippen LogP contribution is 2.22. The summed E-state index contributed by atoms with van der Waals surface area (Å²) in [6.07, 6.45) is 4.30. The first-order chi connectivity index (χ1) is 10.2. The van der Waals surface area contributed by atoms with Gasteiger partial charge in [0.15, 0.2) is 0 Å². The van der Waals surface area contributed by atoms with E-state index in [0.717, 1.165) is 42.8 Å². The molecule has 4 nitrogen and oxygen atoms in total. The lowest BCUT2D eigenvalue weighted by Crippen LogP contribution is -2.41. The highest BCUT2D eigenvalue weighted by molar-refractivity contribution is 5.79. The van der Waals surface area contributed by atoms with Gasteiger partial charge in [-0.1, -0.05) is 18.7 Å². The number of hydrogen-bond donors (Lipinski definition) is 0. The van der Waals surface area contributed by atoms with Gasteiger partial charge >= 0.3 is 0 Å². The van der Waals surface area contributed by atoms with Crippen LogP contribution in [0.2, 0.25) is 0 Å². The van der Waals surface area contributed by atoms with Crippen molar-refractivity contribution in [3.05, 3.63) is 35.9 Å². The van der Waals surface area contributed by atoms with Gasteiger partial charge in [-0.2, -0.15) is 0 Å². The number of ether oxygens (including phenoxy) is 2. The molecule has 0 bridgehead atoms. The summed E-state index contributed by atoms with van der Waals surface area (Å²) in [5.74, 6) is 0.951. The maximum Gasteiger partial charge on any atom is 0.226 e. The number of hydrogen-bond acceptors (Lipinski definition) is 3. The normalized spacial score (nSPS) is 15.8. The molecule has 0 N–H and O–H groups in total. The molecule has 0 saturated carbocycles. The van der Waals surface area contributed by atoms with E-state index < -0.39 is 0 Å². The quantitative estimate of drug-likeness (QED) is 0.836. The van der Waals surface area contributed by atoms with Gasteiger partial charge in [-0.05, 0) is 30.5 Å². The third-order valence-corrected chi connectivity index (χ3v) is 4.00. The van der Waals surface area contributed by atoms with Crippen LogP contribution in [0.1, 0.15) is 24.0 Å². The Morgan fingerprint density at radius 2 is 2.10 bits per heavy atom. The summed E-state index contributed by atoms with van der Waals surface area (Å²) < 4.78 is 10.6. The zero-order valence-corrected chi connectivity index (χ0v) is 12.8. The third kappa shape index (κ3) is 3.85. The van der Waals surface area contributed by atoms with Gasteiger partial charge in [-0.25, -0.2) is 0 Å². The van der Waals surface area contributed by atoms with Gasteiger partial charge in [0.25, 0.3) is 0 Å². The van der Waals surface area contributed by atoms with Gasteiger partial charge in [0.2, 0.25) is 5.91 Å². The molecule has 1 aromatic carbocycles. The molecule has 21 heavy (non-hydrogen) atoms. The van der Waals surface area contributed by atoms with Crippen molar-refractivity contribution in [1.29, 1.82) is 0 Å². The van der Waals surface area contributed by atoms with Crippen LogP contribution in [-0.2, 0) is 16.0 Å². The predicted molar refractivity (Wildman–Crippen MR) is 83.4 cm³/mol. The lowest BCUT2D eigenvalue weighted by Gasteiger charge is -2.31. The van der Waals surface area contributed by atoms with E-state index >= 15 is 0 Å². The van der Waals surface area contributed by atoms with Crippen LogP contribution in [0.25, 0.3) is 6.08 Å². The second-order valence-electron chi connectivity index (χ2n) is 5.27. The Hall–Kier alpha value is -1.81. The fourth-order valence-corrected chi connectivity index (χ4v) is 2.68. The van der Waals surface area contributed by atoms with E-state index in [-0.39, 0.29) is 5.91 Å². The smallest absolute Gasteiger partial charge is 0.226 e. The minimum atomic E-state index is 0.171. The Balaban J connectivity index is 1.98. The molecule has 0 unspecified atom stereocenters. The van der Waals surface area contributed by atoms with Gasteiger partial charge in [-0.3, -0.25) is 4.79 Å². The Morgan fingerprint density at radius 1 is 1.38 bits per heavy atom. The third-order valence-electron chi connectivity index (χ3n) is 4.00. The number of nitrogens with zero attached hydrogens (tertiary/aromatic N) is 1. The van der Waals surface area contributed by atoms with E-state index in [1.165, 1.54) is 0 Å². The van der Waals surface area contributed by atoms with Crippen LogP contribution in [0.5, 0.6) is 5.75 Å². The van der Waals surface area contributed by atoms with Gasteiger partial charge in [-0.15, -0.1) is 0 Å². The van der Waals surface area contributed by atoms with Crippen molar-refractivity contribution in [1.82, 2.24) is 4.90 Å². The molecule has 1 amide bonds. The molecule has 1 aliphatic rings. The monoisotopic (exact) mass is 289 g/mol. The van der Waals surface area contributed by atoms with Crippen LogP contribution < -0.4 is 4.74 Å². The molecule has 0 aromatic heterocycles. The second kappa shape index (κ2) is 7.27. The van der Waals surface area contributed by atoms with Crippen molar-refractivity contribution >= 4 is 12.0 Å². The lowest BCUT2D eigenvalue weighted by molar-refractivity contribution is -0.132. The molecule has 1 aliphatic heterocycles. The fraction of sp³-hybridized carbons (Fsp3) is 0.471. The van der Waals surface area contributed by atoms with Crippen LogP contribution >= 0.6 is 0 Å². The summed E-state index contributed by atoms with van der Waals surface area (Å²) in [5, 5.41) is 0. The van der Waals surface area contributed by atoms with E-state index in [4.69, 9.17) is 9.47 Å². The van der Waals surface area contributed by atoms with Gasteiger partial charge in [0, 0.05) is 25.8 Å². The average Bonchev–Trinajstić information content (AvgIpc) is 2.54. The van der Waals surface area contributed by atoms with Crippen LogP contribution in [0.15, 0.2) is 24.8 Å². The van der Waals surface area contributed by atoms with Crippen molar-refractivity contribution in [2.75, 3.05) is 27.3 Å². The first-order valence-corrected chi connectivity index (χ1v) is 7.28. The van der Waals surface area contributed by atoms with Crippen molar-refractivity contribution in [3.63, 3.8) is 0 Å². The summed E-state index contributed by atoms with van der Waals surface area (Å²) in [6, 6.07) is 5.79. The fourth-order valence-electron chi connectivity index (χ4n) is 2.68. The molecule has 4 heteroatoms. The Kier molecular flexibility index (Phi) is 5.39. The molecular formula is C17H23NO3. The van der Waals surface area contributed by atoms with Crippen LogP contribution in [0.3, 0.4) is 0 Å². The Bertz CT molecular complexity index is 505. The molecular weight excluding hydrogens is 266 g/mol. The number of rotatable bonds is 5. The van der Waals surface area contributed by atoms with Gasteiger partial charge in [0.05, 0.1) is 19.6 Å². The number of carbonyl (C=O) groups excluding carboxylic acids is 1. The van der Waals surface area contributed by atoms with E-state index in [2.05, 4.69) is 6.58 Å². The maximum absolute atomic E-state index is 12.3. The molecule has 0 atom stereocenters. The molecule has 1 aromatic rings. The van der Waals surface area contributed by atoms with Gasteiger partial charge in [0.1, 0.15) is 5.75 Å². The minimum absolute atomic E-state index is 0.171. The SMILES string of the molecule is C=Cc1cc(CC(=O)N2CCC(OC)CC2)ccc1OC. The molecule has 0 radical (unpaired) electrons. The van der Waals surface area contributed by atoms with E-state index in [1.54, 1.807) is 20.3 Å². The number of likely N-dealkylation sites (tertiary alicyclic amines) is 1. The summed E-state index contributed by atoms with van der Waals surface area (Å²) in [5.41, 5.74) is 1.91. The highest BCUT2D eigenvalue weighted by atomic mass is 16.5. The summed E-state index contributed by atoms with van der Waals surface area (Å²) >= 11 is 0. The number of amides is 1. The number of benzene rings is 1. The van der Waals surface area contributed by atoms with E-state index in [0.29, 0.717) is 12.5 Å². The van der Waals surface area contributed by atoms with Crippen LogP contribution in [0, 0.1) is 0 Å². The molecule has 1 fully saturated rings. The van der Waals surface area contributed by atoms with Crippen LogP contribution in [-0.4, -0.2) is 44.2 Å². The topological polar surface area (TPSA) is 38.8 Å². The molecule has 2 rings (SSSR count). The predicted octanol–water partition coefficient (Wildman–Crippen LogP) is 2.52. The second-order valence-corrected chi connectivity index (χ2v) is 5.27. The molecule has 0 spiro atoms. The van der Waals surface area contributed by atoms with E-state index in [9.17, 15) is 4.79 Å². The largest absolute Gasteiger partial charge is 0.496 e. The van der Waals surface area contributed by atoms with Crippen molar-refractivity contribution in [2.45, 2.75) is 25.4 Å². The Labute approximate surface area is 126 Å². The first kappa shape index (κ1) is 15.6. The maximum atomic E-state index is 12.3. The first-order valence-electron chi connectivity index (χ1n) is 7.28. The molecule has 114 valence electrons. The van der Waals surface area contributed by atoms with Crippen molar-refractivity contribution < 1.29 is 14.3 Å². The van der Waals surface area contributed by atoms with Gasteiger partial charge < -0.3 is 14.4 Å². The Morgan fingerprint density at radius 3 is 2.67 bits per heavy atom. The standard InChI is InChI=1S/C17H23NO3/c1-4-14-11-13(5-6-16(14)21-3)12-17(19)18-9-7-15(20-2)8-10-18/h4-6,11,15H,1,7-10,12H2,2-3H3. The summed E-state index contributed by atoms with van der Waals surface area (Å²) in [4.78, 5) is 14.3.